The van der Waals surface area contributed by atoms with Crippen molar-refractivity contribution in [3.63, 3.8) is 0 Å². The molecule has 12 heteroatoms. The molecule has 4 rings (SSSR count). The molecule has 0 radical (unpaired) electrons. The lowest BCUT2D eigenvalue weighted by molar-refractivity contribution is -0.867. The number of carbonyl (C=O) groups excluding carboxylic acids is 1. The van der Waals surface area contributed by atoms with Gasteiger partial charge in [0.1, 0.15) is 6.54 Å². The Bertz CT molecular complexity index is 1320. The third-order valence-electron chi connectivity index (χ3n) is 6.81. The van der Waals surface area contributed by atoms with Gasteiger partial charge in [0.05, 0.1) is 39.8 Å². The molecule has 208 valence electrons. The molecule has 0 aliphatic carbocycles. The van der Waals surface area contributed by atoms with Crippen molar-refractivity contribution in [2.45, 2.75) is 25.4 Å². The van der Waals surface area contributed by atoms with Gasteiger partial charge in [0.15, 0.2) is 0 Å². The molecular formula is C27H24Cl2F6N3O+. The molecule has 2 N–H and O–H groups in total. The van der Waals surface area contributed by atoms with Crippen molar-refractivity contribution in [1.29, 1.82) is 0 Å². The largest absolute Gasteiger partial charge is 0.416 e. The maximum atomic E-state index is 13.9. The Morgan fingerprint density at radius 3 is 1.85 bits per heavy atom. The van der Waals surface area contributed by atoms with Crippen LogP contribution in [0.4, 0.5) is 32.0 Å². The van der Waals surface area contributed by atoms with Crippen LogP contribution in [-0.4, -0.2) is 41.5 Å². The summed E-state index contributed by atoms with van der Waals surface area (Å²) in [4.78, 5) is 16.0. The highest BCUT2D eigenvalue weighted by Gasteiger charge is 2.44. The van der Waals surface area contributed by atoms with E-state index in [0.717, 1.165) is 5.56 Å². The minimum atomic E-state index is -5.07. The van der Waals surface area contributed by atoms with Gasteiger partial charge in [-0.1, -0.05) is 41.4 Å². The maximum Gasteiger partial charge on any atom is 0.416 e. The summed E-state index contributed by atoms with van der Waals surface area (Å²) in [6, 6.07) is 13.0. The summed E-state index contributed by atoms with van der Waals surface area (Å²) in [6.07, 6.45) is -10.1. The number of carbonyl (C=O) groups is 1. The number of anilines is 1. The molecule has 0 spiro atoms. The Balaban J connectivity index is 1.70. The van der Waals surface area contributed by atoms with E-state index in [1.54, 1.807) is 24.3 Å². The average Bonchev–Trinajstić information content (AvgIpc) is 2.87. The van der Waals surface area contributed by atoms with Crippen LogP contribution in [0.25, 0.3) is 0 Å². The molecule has 1 aliphatic rings. The van der Waals surface area contributed by atoms with E-state index in [-0.39, 0.29) is 40.2 Å². The first kappa shape index (κ1) is 29.2. The molecule has 0 unspecified atom stereocenters. The monoisotopic (exact) mass is 590 g/mol. The van der Waals surface area contributed by atoms with Crippen LogP contribution in [-0.2, 0) is 25.4 Å². The van der Waals surface area contributed by atoms with E-state index < -0.39 is 35.0 Å². The summed E-state index contributed by atoms with van der Waals surface area (Å²) in [5.41, 5.74) is 4.19. The Morgan fingerprint density at radius 2 is 1.33 bits per heavy atom. The lowest BCUT2D eigenvalue weighted by Gasteiger charge is -2.43. The number of nitrogen functional groups attached to an aromatic ring is 1. The quantitative estimate of drug-likeness (QED) is 0.193. The van der Waals surface area contributed by atoms with Crippen molar-refractivity contribution < 1.29 is 35.6 Å². The fourth-order valence-electron chi connectivity index (χ4n) is 4.70. The number of hydrogen-bond donors (Lipinski definition) is 1. The maximum absolute atomic E-state index is 13.9. The summed E-state index contributed by atoms with van der Waals surface area (Å²) >= 11 is 12.2. The predicted octanol–water partition coefficient (Wildman–Crippen LogP) is 7.29. The third-order valence-corrected chi connectivity index (χ3v) is 7.55. The van der Waals surface area contributed by atoms with E-state index in [4.69, 9.17) is 28.9 Å². The van der Waals surface area contributed by atoms with E-state index in [2.05, 4.69) is 4.90 Å². The molecule has 1 fully saturated rings. The Labute approximate surface area is 231 Å². The summed E-state index contributed by atoms with van der Waals surface area (Å²) in [5.74, 6) is -0.829. The molecule has 0 bridgehead atoms. The van der Waals surface area contributed by atoms with Crippen molar-refractivity contribution in [2.24, 2.45) is 0 Å². The predicted molar refractivity (Wildman–Crippen MR) is 137 cm³/mol. The molecule has 39 heavy (non-hydrogen) atoms. The lowest BCUT2D eigenvalue weighted by Crippen LogP contribution is -2.61. The highest BCUT2D eigenvalue weighted by Crippen LogP contribution is 2.37. The minimum Gasteiger partial charge on any atom is -0.399 e. The second kappa shape index (κ2) is 11.0. The molecule has 0 saturated carbocycles. The second-order valence-corrected chi connectivity index (χ2v) is 10.4. The van der Waals surface area contributed by atoms with Gasteiger partial charge in [-0.3, -0.25) is 9.38 Å². The first-order chi connectivity index (χ1) is 18.2. The van der Waals surface area contributed by atoms with Gasteiger partial charge < -0.3 is 5.73 Å². The molecule has 0 atom stereocenters. The van der Waals surface area contributed by atoms with E-state index in [0.29, 0.717) is 43.0 Å². The van der Waals surface area contributed by atoms with E-state index in [1.165, 1.54) is 6.07 Å². The Kier molecular flexibility index (Phi) is 8.23. The molecular weight excluding hydrogens is 567 g/mol. The van der Waals surface area contributed by atoms with Crippen molar-refractivity contribution in [3.8, 4) is 0 Å². The van der Waals surface area contributed by atoms with Gasteiger partial charge in [0.2, 0.25) is 0 Å². The second-order valence-electron chi connectivity index (χ2n) is 9.62. The normalized spacial score (nSPS) is 16.3. The van der Waals surface area contributed by atoms with Crippen LogP contribution in [0.5, 0.6) is 0 Å². The number of quaternary nitrogens is 1. The van der Waals surface area contributed by atoms with Crippen LogP contribution >= 0.6 is 23.2 Å². The molecule has 1 aliphatic heterocycles. The number of alkyl halides is 6. The van der Waals surface area contributed by atoms with Gasteiger partial charge in [0.25, 0.3) is 0 Å². The Hall–Kier alpha value is -2.79. The smallest absolute Gasteiger partial charge is 0.399 e. The van der Waals surface area contributed by atoms with Crippen LogP contribution < -0.4 is 5.73 Å². The number of piperazine rings is 1. The lowest BCUT2D eigenvalue weighted by atomic mass is 10.0. The van der Waals surface area contributed by atoms with Crippen molar-refractivity contribution in [1.82, 2.24) is 4.90 Å². The standard InChI is InChI=1S/C27H24Cl2F6N3O/c28-23-6-3-18(11-24(23)29)16-38(9-7-37(8-10-38)15-17-1-4-22(36)5-2-17)25(39)19-12-20(26(30,31)32)14-21(13-19)27(33,34)35/h1-6,11-14H,7-10,15-16,36H2/q+1. The first-order valence-corrected chi connectivity index (χ1v) is 12.6. The topological polar surface area (TPSA) is 46.3 Å². The summed E-state index contributed by atoms with van der Waals surface area (Å²) in [5, 5.41) is 0.500. The molecule has 1 amide bonds. The van der Waals surface area contributed by atoms with Crippen molar-refractivity contribution in [3.05, 3.63) is 98.5 Å². The van der Waals surface area contributed by atoms with Gasteiger partial charge in [0, 0.05) is 30.9 Å². The zero-order valence-electron chi connectivity index (χ0n) is 20.4. The summed E-state index contributed by atoms with van der Waals surface area (Å²) < 4.78 is 80.8. The van der Waals surface area contributed by atoms with E-state index in [9.17, 15) is 31.1 Å². The van der Waals surface area contributed by atoms with E-state index >= 15 is 0 Å². The van der Waals surface area contributed by atoms with Crippen LogP contribution in [0.15, 0.2) is 60.7 Å². The van der Waals surface area contributed by atoms with E-state index in [1.807, 2.05) is 12.1 Å². The van der Waals surface area contributed by atoms with Crippen molar-refractivity contribution >= 4 is 34.8 Å². The van der Waals surface area contributed by atoms with Crippen LogP contribution in [0.2, 0.25) is 10.0 Å². The molecule has 1 saturated heterocycles. The number of benzene rings is 3. The summed E-state index contributed by atoms with van der Waals surface area (Å²) in [7, 11) is 0. The SMILES string of the molecule is Nc1ccc(CN2CC[N+](Cc3ccc(Cl)c(Cl)c3)(C(=O)c3cc(C(F)(F)F)cc(C(F)(F)F)c3)CC2)cc1. The fraction of sp³-hybridized carbons (Fsp3) is 0.296. The fourth-order valence-corrected chi connectivity index (χ4v) is 5.02. The molecule has 3 aromatic carbocycles. The van der Waals surface area contributed by atoms with Crippen LogP contribution in [0, 0.1) is 0 Å². The van der Waals surface area contributed by atoms with Gasteiger partial charge in [-0.25, -0.2) is 4.79 Å². The molecule has 3 aromatic rings. The molecule has 0 aromatic heterocycles. The van der Waals surface area contributed by atoms with Crippen molar-refractivity contribution in [2.75, 3.05) is 31.9 Å². The van der Waals surface area contributed by atoms with Gasteiger partial charge in [-0.15, -0.1) is 0 Å². The minimum absolute atomic E-state index is 0.0169. The summed E-state index contributed by atoms with van der Waals surface area (Å²) in [6.45, 7) is 1.63. The number of rotatable bonds is 5. The van der Waals surface area contributed by atoms with Gasteiger partial charge >= 0.3 is 18.3 Å². The Morgan fingerprint density at radius 1 is 0.795 bits per heavy atom. The first-order valence-electron chi connectivity index (χ1n) is 11.9. The average molecular weight is 591 g/mol. The molecule has 1 heterocycles. The number of halogens is 8. The highest BCUT2D eigenvalue weighted by atomic mass is 35.5. The zero-order chi connectivity index (χ0) is 28.6. The number of hydrogen-bond acceptors (Lipinski definition) is 3. The zero-order valence-corrected chi connectivity index (χ0v) is 21.9. The molecule has 4 nitrogen and oxygen atoms in total. The highest BCUT2D eigenvalue weighted by molar-refractivity contribution is 6.42. The number of nitrogens with zero attached hydrogens (tertiary/aromatic N) is 2. The number of nitrogens with two attached hydrogens (primary N) is 1. The third kappa shape index (κ3) is 6.87. The van der Waals surface area contributed by atoms with Crippen LogP contribution in [0.1, 0.15) is 32.6 Å². The number of amides is 1. The van der Waals surface area contributed by atoms with Gasteiger partial charge in [-0.2, -0.15) is 26.3 Å². The van der Waals surface area contributed by atoms with Gasteiger partial charge in [-0.05, 0) is 48.0 Å². The van der Waals surface area contributed by atoms with Crippen LogP contribution in [0.3, 0.4) is 0 Å².